The Labute approximate surface area is 180 Å². The van der Waals surface area contributed by atoms with E-state index in [1.807, 2.05) is 31.3 Å². The maximum atomic E-state index is 12.1. The molecule has 0 atom stereocenters. The lowest BCUT2D eigenvalue weighted by Crippen LogP contribution is -2.49. The summed E-state index contributed by atoms with van der Waals surface area (Å²) in [6.07, 6.45) is 5.07. The highest BCUT2D eigenvalue weighted by Crippen LogP contribution is 2.31. The number of nitrogens with zero attached hydrogens (tertiary/aromatic N) is 6. The second-order valence-electron chi connectivity index (χ2n) is 6.98. The van der Waals surface area contributed by atoms with Crippen LogP contribution in [0.2, 0.25) is 0 Å². The van der Waals surface area contributed by atoms with Crippen molar-refractivity contribution in [1.29, 1.82) is 0 Å². The van der Waals surface area contributed by atoms with Crippen LogP contribution in [0.1, 0.15) is 6.92 Å². The minimum Gasteiger partial charge on any atom is -0.478 e. The molecule has 10 heteroatoms. The monoisotopic (exact) mass is 426 g/mol. The Kier molecular flexibility index (Phi) is 6.46. The maximum absolute atomic E-state index is 12.1. The number of anilines is 1. The number of piperazine rings is 1. The zero-order valence-electron chi connectivity index (χ0n) is 17.7. The number of carbonyl (C=O) groups is 1. The standard InChI is InChI=1S/C21H26N6O4/c1-3-30-20-16(5-4-7-22-20)17-15-23-27-8-6-18(24-19(17)27)25-9-11-26(12-10-25)21(28)31-14-13-29-2/h4-8,15H,3,9-14H2,1-2H3. The van der Waals surface area contributed by atoms with E-state index in [1.54, 1.807) is 28.9 Å². The van der Waals surface area contributed by atoms with E-state index in [2.05, 4.69) is 15.0 Å². The number of carbonyl (C=O) groups excluding carboxylic acids is 1. The molecule has 1 aliphatic heterocycles. The molecular weight excluding hydrogens is 400 g/mol. The van der Waals surface area contributed by atoms with Gasteiger partial charge in [0.05, 0.1) is 25.0 Å². The molecule has 0 bridgehead atoms. The lowest BCUT2D eigenvalue weighted by molar-refractivity contribution is 0.0705. The number of pyridine rings is 1. The topological polar surface area (TPSA) is 94.3 Å². The molecule has 0 saturated carbocycles. The molecule has 0 unspecified atom stereocenters. The third-order valence-corrected chi connectivity index (χ3v) is 5.07. The normalized spacial score (nSPS) is 14.1. The number of hydrogen-bond donors (Lipinski definition) is 0. The Bertz CT molecular complexity index is 1030. The van der Waals surface area contributed by atoms with Crippen LogP contribution in [-0.2, 0) is 9.47 Å². The van der Waals surface area contributed by atoms with E-state index in [9.17, 15) is 4.79 Å². The lowest BCUT2D eigenvalue weighted by atomic mass is 10.1. The van der Waals surface area contributed by atoms with Crippen molar-refractivity contribution in [2.75, 3.05) is 58.0 Å². The molecular formula is C21H26N6O4. The number of methoxy groups -OCH3 is 1. The van der Waals surface area contributed by atoms with Crippen molar-refractivity contribution in [1.82, 2.24) is 24.5 Å². The fourth-order valence-corrected chi connectivity index (χ4v) is 3.49. The highest BCUT2D eigenvalue weighted by atomic mass is 16.6. The number of ether oxygens (including phenoxy) is 3. The van der Waals surface area contributed by atoms with Gasteiger partial charge in [-0.1, -0.05) is 0 Å². The minimum absolute atomic E-state index is 0.260. The summed E-state index contributed by atoms with van der Waals surface area (Å²) < 4.78 is 17.5. The van der Waals surface area contributed by atoms with Crippen LogP contribution < -0.4 is 9.64 Å². The molecule has 0 aliphatic carbocycles. The van der Waals surface area contributed by atoms with Gasteiger partial charge in [0.25, 0.3) is 0 Å². The molecule has 31 heavy (non-hydrogen) atoms. The van der Waals surface area contributed by atoms with Crippen LogP contribution in [0.15, 0.2) is 36.8 Å². The summed E-state index contributed by atoms with van der Waals surface area (Å²) in [5.41, 5.74) is 2.44. The van der Waals surface area contributed by atoms with Gasteiger partial charge >= 0.3 is 6.09 Å². The predicted octanol–water partition coefficient (Wildman–Crippen LogP) is 2.09. The van der Waals surface area contributed by atoms with Gasteiger partial charge in [0.2, 0.25) is 5.88 Å². The van der Waals surface area contributed by atoms with Gasteiger partial charge in [-0.2, -0.15) is 5.10 Å². The molecule has 3 aromatic rings. The maximum Gasteiger partial charge on any atom is 0.409 e. The minimum atomic E-state index is -0.307. The van der Waals surface area contributed by atoms with E-state index in [0.29, 0.717) is 45.3 Å². The van der Waals surface area contributed by atoms with E-state index in [4.69, 9.17) is 19.2 Å². The van der Waals surface area contributed by atoms with Gasteiger partial charge in [-0.05, 0) is 25.1 Å². The molecule has 1 fully saturated rings. The summed E-state index contributed by atoms with van der Waals surface area (Å²) in [7, 11) is 1.58. The smallest absolute Gasteiger partial charge is 0.409 e. The largest absolute Gasteiger partial charge is 0.478 e. The fourth-order valence-electron chi connectivity index (χ4n) is 3.49. The second-order valence-corrected chi connectivity index (χ2v) is 6.98. The van der Waals surface area contributed by atoms with Gasteiger partial charge in [-0.15, -0.1) is 0 Å². The second kappa shape index (κ2) is 9.61. The fraction of sp³-hybridized carbons (Fsp3) is 0.429. The first-order valence-corrected chi connectivity index (χ1v) is 10.3. The lowest BCUT2D eigenvalue weighted by Gasteiger charge is -2.34. The molecule has 10 nitrogen and oxygen atoms in total. The van der Waals surface area contributed by atoms with Gasteiger partial charge in [-0.25, -0.2) is 19.3 Å². The summed E-state index contributed by atoms with van der Waals surface area (Å²) in [6.45, 7) is 5.59. The zero-order chi connectivity index (χ0) is 21.6. The first-order valence-electron chi connectivity index (χ1n) is 10.3. The molecule has 0 aromatic carbocycles. The van der Waals surface area contributed by atoms with Crippen LogP contribution in [0.5, 0.6) is 5.88 Å². The Hall–Kier alpha value is -3.40. The number of aromatic nitrogens is 4. The predicted molar refractivity (Wildman–Crippen MR) is 114 cm³/mol. The van der Waals surface area contributed by atoms with Gasteiger partial charge in [-0.3, -0.25) is 0 Å². The number of rotatable bonds is 7. The molecule has 1 aliphatic rings. The van der Waals surface area contributed by atoms with Crippen molar-refractivity contribution in [3.05, 3.63) is 36.8 Å². The molecule has 0 N–H and O–H groups in total. The Morgan fingerprint density at radius 1 is 1.13 bits per heavy atom. The summed E-state index contributed by atoms with van der Waals surface area (Å²) in [4.78, 5) is 25.2. The van der Waals surface area contributed by atoms with Gasteiger partial charge in [0.1, 0.15) is 12.4 Å². The van der Waals surface area contributed by atoms with Crippen molar-refractivity contribution in [3.8, 4) is 17.0 Å². The first-order chi connectivity index (χ1) is 15.2. The number of amides is 1. The zero-order valence-corrected chi connectivity index (χ0v) is 17.7. The number of fused-ring (bicyclic) bond motifs is 1. The summed E-state index contributed by atoms with van der Waals surface area (Å²) in [6, 6.07) is 5.76. The average Bonchev–Trinajstić information content (AvgIpc) is 3.23. The molecule has 0 radical (unpaired) electrons. The molecule has 1 saturated heterocycles. The van der Waals surface area contributed by atoms with Crippen molar-refractivity contribution in [2.24, 2.45) is 0 Å². The van der Waals surface area contributed by atoms with Crippen LogP contribution in [0.3, 0.4) is 0 Å². The van der Waals surface area contributed by atoms with Crippen LogP contribution >= 0.6 is 0 Å². The molecule has 164 valence electrons. The molecule has 4 rings (SSSR count). The summed E-state index contributed by atoms with van der Waals surface area (Å²) in [5.74, 6) is 1.40. The summed E-state index contributed by atoms with van der Waals surface area (Å²) in [5, 5.41) is 4.43. The van der Waals surface area contributed by atoms with Crippen molar-refractivity contribution in [3.63, 3.8) is 0 Å². The van der Waals surface area contributed by atoms with Gasteiger partial charge in [0, 0.05) is 51.2 Å². The van der Waals surface area contributed by atoms with Crippen molar-refractivity contribution < 1.29 is 19.0 Å². The third kappa shape index (κ3) is 4.53. The third-order valence-electron chi connectivity index (χ3n) is 5.07. The van der Waals surface area contributed by atoms with Crippen LogP contribution in [0, 0.1) is 0 Å². The molecule has 1 amide bonds. The van der Waals surface area contributed by atoms with E-state index in [0.717, 1.165) is 22.6 Å². The van der Waals surface area contributed by atoms with Crippen LogP contribution in [0.4, 0.5) is 10.6 Å². The Balaban J connectivity index is 1.51. The highest BCUT2D eigenvalue weighted by Gasteiger charge is 2.23. The van der Waals surface area contributed by atoms with Gasteiger partial charge in [0.15, 0.2) is 5.65 Å². The molecule has 4 heterocycles. The number of hydrogen-bond acceptors (Lipinski definition) is 8. The van der Waals surface area contributed by atoms with Crippen molar-refractivity contribution in [2.45, 2.75) is 6.92 Å². The van der Waals surface area contributed by atoms with E-state index in [1.165, 1.54) is 0 Å². The van der Waals surface area contributed by atoms with E-state index >= 15 is 0 Å². The molecule has 0 spiro atoms. The Morgan fingerprint density at radius 2 is 1.97 bits per heavy atom. The Morgan fingerprint density at radius 3 is 2.74 bits per heavy atom. The van der Waals surface area contributed by atoms with Crippen LogP contribution in [-0.4, -0.2) is 83.7 Å². The summed E-state index contributed by atoms with van der Waals surface area (Å²) >= 11 is 0. The van der Waals surface area contributed by atoms with Gasteiger partial charge < -0.3 is 24.0 Å². The van der Waals surface area contributed by atoms with Crippen LogP contribution in [0.25, 0.3) is 16.8 Å². The quantitative estimate of drug-likeness (QED) is 0.530. The first kappa shape index (κ1) is 20.9. The SMILES string of the molecule is CCOc1ncccc1-c1cnn2ccc(N3CCN(C(=O)OCCOC)CC3)nc12. The molecule has 3 aromatic heterocycles. The average molecular weight is 426 g/mol. The van der Waals surface area contributed by atoms with Crippen molar-refractivity contribution >= 4 is 17.6 Å². The highest BCUT2D eigenvalue weighted by molar-refractivity contribution is 5.80. The van der Waals surface area contributed by atoms with E-state index < -0.39 is 0 Å². The van der Waals surface area contributed by atoms with E-state index in [-0.39, 0.29) is 12.7 Å².